The highest BCUT2D eigenvalue weighted by Crippen LogP contribution is 2.65. The third-order valence-electron chi connectivity index (χ3n) is 9.07. The molecule has 1 aromatic carbocycles. The molecular weight excluding hydrogens is 456 g/mol. The fraction of sp³-hybridized carbons (Fsp3) is 0.586. The van der Waals surface area contributed by atoms with Crippen LogP contribution >= 0.6 is 0 Å². The van der Waals surface area contributed by atoms with Crippen LogP contribution in [0.1, 0.15) is 56.3 Å². The van der Waals surface area contributed by atoms with E-state index in [0.29, 0.717) is 55.4 Å². The molecule has 7 heteroatoms. The average Bonchev–Trinajstić information content (AvgIpc) is 3.66. The minimum absolute atomic E-state index is 0.0367. The minimum atomic E-state index is -0.369. The Labute approximate surface area is 211 Å². The molecule has 0 unspecified atom stereocenters. The Balaban J connectivity index is 1.03. The van der Waals surface area contributed by atoms with Crippen molar-refractivity contribution in [3.8, 4) is 0 Å². The number of allylic oxidation sites excluding steroid dienone is 2. The maximum Gasteiger partial charge on any atom is 0.338 e. The van der Waals surface area contributed by atoms with Gasteiger partial charge in [0.05, 0.1) is 24.0 Å². The number of imide groups is 1. The van der Waals surface area contributed by atoms with Crippen molar-refractivity contribution in [3.63, 3.8) is 0 Å². The molecule has 7 rings (SSSR count). The summed E-state index contributed by atoms with van der Waals surface area (Å²) < 4.78 is 5.24. The minimum Gasteiger partial charge on any atom is -0.462 e. The van der Waals surface area contributed by atoms with Crippen LogP contribution in [0.5, 0.6) is 0 Å². The van der Waals surface area contributed by atoms with Gasteiger partial charge >= 0.3 is 5.97 Å². The van der Waals surface area contributed by atoms with Crippen LogP contribution in [0.15, 0.2) is 36.4 Å². The second kappa shape index (κ2) is 8.86. The van der Waals surface area contributed by atoms with E-state index in [9.17, 15) is 19.2 Å². The Morgan fingerprint density at radius 2 is 1.53 bits per heavy atom. The van der Waals surface area contributed by atoms with Gasteiger partial charge in [0, 0.05) is 17.6 Å². The third kappa shape index (κ3) is 3.87. The zero-order valence-corrected chi connectivity index (χ0v) is 20.9. The molecule has 190 valence electrons. The number of esters is 1. The normalized spacial score (nSPS) is 36.0. The highest BCUT2D eigenvalue weighted by atomic mass is 16.5. The summed E-state index contributed by atoms with van der Waals surface area (Å²) in [5.41, 5.74) is 1.09. The van der Waals surface area contributed by atoms with E-state index in [1.54, 1.807) is 29.2 Å². The molecular formula is C29H34N2O5. The lowest BCUT2D eigenvalue weighted by atomic mass is 9.63. The summed E-state index contributed by atoms with van der Waals surface area (Å²) in [5.74, 6) is 1.17. The van der Waals surface area contributed by atoms with Gasteiger partial charge in [0.2, 0.25) is 17.7 Å². The van der Waals surface area contributed by atoms with Crippen LogP contribution in [0.3, 0.4) is 0 Å². The first kappa shape index (κ1) is 23.4. The number of anilines is 1. The molecule has 3 amide bonds. The van der Waals surface area contributed by atoms with E-state index in [-0.39, 0.29) is 65.2 Å². The quantitative estimate of drug-likeness (QED) is 0.369. The summed E-state index contributed by atoms with van der Waals surface area (Å²) in [6, 6.07) is 6.65. The predicted molar refractivity (Wildman–Crippen MR) is 132 cm³/mol. The molecule has 0 aromatic heterocycles. The van der Waals surface area contributed by atoms with Gasteiger partial charge in [-0.3, -0.25) is 19.3 Å². The number of hydrogen-bond donors (Lipinski definition) is 1. The lowest BCUT2D eigenvalue weighted by Crippen LogP contribution is -2.44. The molecule has 2 bridgehead atoms. The Morgan fingerprint density at radius 1 is 0.944 bits per heavy atom. The number of carbonyl (C=O) groups is 4. The van der Waals surface area contributed by atoms with Gasteiger partial charge in [-0.2, -0.15) is 0 Å². The summed E-state index contributed by atoms with van der Waals surface area (Å²) in [6.07, 6.45) is 8.23. The standard InChI is InChI=1S/C29H34N2O5/c1-15(2)14-36-29(35)17-3-7-18(8-4-17)30-26(32)16-5-9-19(10-6-16)31-27(33)24-20-11-12-21(23-13-22(20)23)25(24)28(31)34/h3-4,7-8,11-12,15-16,19-25H,5-6,9-10,13-14H2,1-2H3,(H,30,32)/t16?,19?,20-,21-,22-,23-,24-,25+/m0/s1. The number of ether oxygens (including phenoxy) is 1. The molecule has 6 atom stereocenters. The molecule has 1 N–H and O–H groups in total. The van der Waals surface area contributed by atoms with Gasteiger partial charge in [-0.15, -0.1) is 0 Å². The van der Waals surface area contributed by atoms with E-state index in [0.717, 1.165) is 0 Å². The van der Waals surface area contributed by atoms with Gasteiger partial charge in [0.1, 0.15) is 0 Å². The maximum absolute atomic E-state index is 13.4. The maximum atomic E-state index is 13.4. The Bertz CT molecular complexity index is 1080. The SMILES string of the molecule is CC(C)COC(=O)c1ccc(NC(=O)C2CCC(N3C(=O)[C@@H]4[C@H]5C=C[C@@H]([C@@H]6C[C@@H]56)[C@@H]4C3=O)CC2)cc1. The Kier molecular flexibility index (Phi) is 5.77. The molecule has 1 aliphatic heterocycles. The largest absolute Gasteiger partial charge is 0.462 e. The average molecular weight is 491 g/mol. The number of nitrogens with one attached hydrogen (secondary N) is 1. The van der Waals surface area contributed by atoms with E-state index in [1.165, 1.54) is 6.42 Å². The topological polar surface area (TPSA) is 92.8 Å². The van der Waals surface area contributed by atoms with Crippen molar-refractivity contribution in [2.75, 3.05) is 11.9 Å². The highest BCUT2D eigenvalue weighted by Gasteiger charge is 2.67. The smallest absolute Gasteiger partial charge is 0.338 e. The van der Waals surface area contributed by atoms with Crippen molar-refractivity contribution in [3.05, 3.63) is 42.0 Å². The number of amides is 3. The molecule has 36 heavy (non-hydrogen) atoms. The molecule has 1 saturated heterocycles. The molecule has 4 fully saturated rings. The second-order valence-corrected chi connectivity index (χ2v) is 11.8. The van der Waals surface area contributed by atoms with Crippen molar-refractivity contribution in [1.82, 2.24) is 4.90 Å². The molecule has 0 radical (unpaired) electrons. The Hall–Kier alpha value is -2.96. The van der Waals surface area contributed by atoms with Crippen molar-refractivity contribution in [1.29, 1.82) is 0 Å². The third-order valence-corrected chi connectivity index (χ3v) is 9.07. The number of nitrogens with zero attached hydrogens (tertiary/aromatic N) is 1. The Morgan fingerprint density at radius 3 is 2.08 bits per heavy atom. The second-order valence-electron chi connectivity index (χ2n) is 11.8. The monoisotopic (exact) mass is 490 g/mol. The molecule has 6 aliphatic rings. The van der Waals surface area contributed by atoms with Gasteiger partial charge in [-0.25, -0.2) is 4.79 Å². The first-order valence-corrected chi connectivity index (χ1v) is 13.5. The zero-order chi connectivity index (χ0) is 25.1. The van der Waals surface area contributed by atoms with Gasteiger partial charge in [0.25, 0.3) is 0 Å². The molecule has 7 nitrogen and oxygen atoms in total. The van der Waals surface area contributed by atoms with Crippen LogP contribution in [0.4, 0.5) is 5.69 Å². The number of carbonyl (C=O) groups excluding carboxylic acids is 4. The molecule has 3 saturated carbocycles. The van der Waals surface area contributed by atoms with Gasteiger partial charge < -0.3 is 10.1 Å². The zero-order valence-electron chi connectivity index (χ0n) is 20.9. The van der Waals surface area contributed by atoms with E-state index >= 15 is 0 Å². The fourth-order valence-electron chi connectivity index (χ4n) is 7.20. The number of likely N-dealkylation sites (tertiary alicyclic amines) is 1. The van der Waals surface area contributed by atoms with Gasteiger partial charge in [-0.1, -0.05) is 26.0 Å². The summed E-state index contributed by atoms with van der Waals surface area (Å²) in [6.45, 7) is 4.33. The van der Waals surface area contributed by atoms with Crippen LogP contribution in [-0.4, -0.2) is 41.2 Å². The molecule has 5 aliphatic carbocycles. The van der Waals surface area contributed by atoms with E-state index < -0.39 is 0 Å². The molecule has 0 spiro atoms. The predicted octanol–water partition coefficient (Wildman–Crippen LogP) is 4.05. The highest BCUT2D eigenvalue weighted by molar-refractivity contribution is 6.06. The summed E-state index contributed by atoms with van der Waals surface area (Å²) in [4.78, 5) is 53.3. The summed E-state index contributed by atoms with van der Waals surface area (Å²) >= 11 is 0. The van der Waals surface area contributed by atoms with E-state index in [1.807, 2.05) is 13.8 Å². The first-order chi connectivity index (χ1) is 17.3. The fourth-order valence-corrected chi connectivity index (χ4v) is 7.20. The van der Waals surface area contributed by atoms with Crippen LogP contribution in [0.25, 0.3) is 0 Å². The number of benzene rings is 1. The van der Waals surface area contributed by atoms with Gasteiger partial charge in [-0.05, 0) is 86.0 Å². The summed E-state index contributed by atoms with van der Waals surface area (Å²) in [7, 11) is 0. The number of rotatable bonds is 6. The van der Waals surface area contributed by atoms with Crippen molar-refractivity contribution >= 4 is 29.4 Å². The van der Waals surface area contributed by atoms with Crippen molar-refractivity contribution < 1.29 is 23.9 Å². The van der Waals surface area contributed by atoms with E-state index in [2.05, 4.69) is 17.5 Å². The molecule has 1 heterocycles. The van der Waals surface area contributed by atoms with Crippen LogP contribution in [0.2, 0.25) is 0 Å². The van der Waals surface area contributed by atoms with Gasteiger partial charge in [0.15, 0.2) is 0 Å². The van der Waals surface area contributed by atoms with Crippen molar-refractivity contribution in [2.24, 2.45) is 47.3 Å². The molecule has 1 aromatic rings. The first-order valence-electron chi connectivity index (χ1n) is 13.5. The van der Waals surface area contributed by atoms with Crippen LogP contribution < -0.4 is 5.32 Å². The van der Waals surface area contributed by atoms with Crippen LogP contribution in [0, 0.1) is 47.3 Å². The van der Waals surface area contributed by atoms with Crippen LogP contribution in [-0.2, 0) is 19.1 Å². The van der Waals surface area contributed by atoms with E-state index in [4.69, 9.17) is 4.74 Å². The number of hydrogen-bond acceptors (Lipinski definition) is 5. The lowest BCUT2D eigenvalue weighted by molar-refractivity contribution is -0.144. The van der Waals surface area contributed by atoms with Crippen molar-refractivity contribution in [2.45, 2.75) is 52.0 Å². The summed E-state index contributed by atoms with van der Waals surface area (Å²) in [5, 5.41) is 2.95. The lowest BCUT2D eigenvalue weighted by Gasteiger charge is -2.37.